The summed E-state index contributed by atoms with van der Waals surface area (Å²) in [5.41, 5.74) is 0.958. The predicted molar refractivity (Wildman–Crippen MR) is 92.1 cm³/mol. The minimum Gasteiger partial charge on any atom is -0.507 e. The van der Waals surface area contributed by atoms with E-state index in [0.717, 1.165) is 5.52 Å². The van der Waals surface area contributed by atoms with Crippen molar-refractivity contribution >= 4 is 21.8 Å². The quantitative estimate of drug-likeness (QED) is 0.523. The molecular formula is C19H17NO5. The molecule has 0 aliphatic carbocycles. The second kappa shape index (κ2) is 4.53. The van der Waals surface area contributed by atoms with Crippen LogP contribution < -0.4 is 10.2 Å². The smallest absolute Gasteiger partial charge is 0.200 e. The number of para-hydroxylation sites is 1. The maximum atomic E-state index is 12.9. The summed E-state index contributed by atoms with van der Waals surface area (Å²) in [5.74, 6) is 0.249. The largest absolute Gasteiger partial charge is 0.507 e. The zero-order valence-corrected chi connectivity index (χ0v) is 13.8. The summed E-state index contributed by atoms with van der Waals surface area (Å²) in [4.78, 5) is 12.9. The number of epoxide rings is 1. The highest BCUT2D eigenvalue weighted by atomic mass is 16.6. The van der Waals surface area contributed by atoms with Crippen LogP contribution in [0, 0.1) is 0 Å². The number of aliphatic hydroxyl groups excluding tert-OH is 1. The summed E-state index contributed by atoms with van der Waals surface area (Å²) in [6.45, 7) is 2.39. The number of ether oxygens (including phenoxy) is 2. The van der Waals surface area contributed by atoms with E-state index < -0.39 is 17.8 Å². The Bertz CT molecular complexity index is 1110. The second-order valence-corrected chi connectivity index (χ2v) is 7.02. The van der Waals surface area contributed by atoms with Gasteiger partial charge in [-0.3, -0.25) is 4.79 Å². The molecule has 0 bridgehead atoms. The molecule has 0 unspecified atom stereocenters. The highest BCUT2D eigenvalue weighted by molar-refractivity contribution is 5.99. The van der Waals surface area contributed by atoms with Gasteiger partial charge >= 0.3 is 0 Å². The Morgan fingerprint density at radius 2 is 2.04 bits per heavy atom. The number of phenolic OH excluding ortho intramolecular Hbond substituents is 1. The van der Waals surface area contributed by atoms with Crippen molar-refractivity contribution in [2.45, 2.75) is 24.7 Å². The number of aryl methyl sites for hydroxylation is 1. The number of phenols is 1. The number of aromatic nitrogens is 1. The molecule has 0 saturated carbocycles. The Morgan fingerprint density at radius 3 is 2.76 bits per heavy atom. The third-order valence-corrected chi connectivity index (χ3v) is 5.39. The fourth-order valence-corrected chi connectivity index (χ4v) is 3.90. The van der Waals surface area contributed by atoms with Crippen molar-refractivity contribution in [2.24, 2.45) is 7.05 Å². The Morgan fingerprint density at radius 1 is 1.32 bits per heavy atom. The van der Waals surface area contributed by atoms with E-state index in [1.807, 2.05) is 30.7 Å². The molecule has 1 saturated heterocycles. The van der Waals surface area contributed by atoms with Crippen molar-refractivity contribution in [3.8, 4) is 11.5 Å². The summed E-state index contributed by atoms with van der Waals surface area (Å²) in [6, 6.07) is 8.64. The first-order valence-corrected chi connectivity index (χ1v) is 8.18. The molecule has 5 rings (SSSR count). The van der Waals surface area contributed by atoms with Crippen molar-refractivity contribution in [2.75, 3.05) is 6.61 Å². The van der Waals surface area contributed by atoms with E-state index in [1.165, 1.54) is 6.07 Å². The minimum atomic E-state index is -0.933. The molecule has 1 fully saturated rings. The second-order valence-electron chi connectivity index (χ2n) is 7.02. The highest BCUT2D eigenvalue weighted by Crippen LogP contribution is 2.50. The molecular weight excluding hydrogens is 322 g/mol. The van der Waals surface area contributed by atoms with Crippen LogP contribution in [0.25, 0.3) is 21.8 Å². The third-order valence-electron chi connectivity index (χ3n) is 5.39. The normalized spacial score (nSPS) is 27.5. The van der Waals surface area contributed by atoms with Crippen molar-refractivity contribution in [3.63, 3.8) is 0 Å². The molecule has 2 aromatic carbocycles. The van der Waals surface area contributed by atoms with Gasteiger partial charge in [0.05, 0.1) is 28.6 Å². The van der Waals surface area contributed by atoms with Crippen LogP contribution in [-0.4, -0.2) is 33.1 Å². The molecule has 3 atom stereocenters. The number of aromatic hydroxyl groups is 1. The van der Waals surface area contributed by atoms with Gasteiger partial charge in [-0.2, -0.15) is 0 Å². The number of hydrogen-bond acceptors (Lipinski definition) is 5. The minimum absolute atomic E-state index is 0.144. The number of hydrogen-bond donors (Lipinski definition) is 2. The lowest BCUT2D eigenvalue weighted by atomic mass is 9.95. The molecule has 0 radical (unpaired) electrons. The molecule has 3 aromatic rings. The van der Waals surface area contributed by atoms with Gasteiger partial charge in [0.25, 0.3) is 0 Å². The molecule has 3 heterocycles. The molecule has 0 amide bonds. The van der Waals surface area contributed by atoms with Gasteiger partial charge < -0.3 is 24.3 Å². The number of aliphatic hydroxyl groups is 1. The van der Waals surface area contributed by atoms with Crippen molar-refractivity contribution < 1.29 is 19.7 Å². The topological polar surface area (TPSA) is 84.2 Å². The average Bonchev–Trinajstić information content (AvgIpc) is 3.26. The highest BCUT2D eigenvalue weighted by Gasteiger charge is 2.56. The fourth-order valence-electron chi connectivity index (χ4n) is 3.90. The van der Waals surface area contributed by atoms with Gasteiger partial charge in [0.1, 0.15) is 23.2 Å². The first-order valence-electron chi connectivity index (χ1n) is 8.18. The van der Waals surface area contributed by atoms with Gasteiger partial charge in [0, 0.05) is 18.5 Å². The van der Waals surface area contributed by atoms with Crippen LogP contribution in [0.5, 0.6) is 11.5 Å². The number of benzene rings is 2. The van der Waals surface area contributed by atoms with E-state index in [2.05, 4.69) is 0 Å². The van der Waals surface area contributed by atoms with Gasteiger partial charge in [-0.1, -0.05) is 12.1 Å². The fraction of sp³-hybridized carbons (Fsp3) is 0.316. The SMILES string of the molecule is Cn1c2ccccc2c(=O)c2c(O)cc3c(c21)[C@@H](O)[C@@H]([C@]1(C)CO1)O3. The number of rotatable bonds is 1. The first kappa shape index (κ1) is 14.7. The van der Waals surface area contributed by atoms with E-state index in [0.29, 0.717) is 28.8 Å². The van der Waals surface area contributed by atoms with Crippen LogP contribution in [-0.2, 0) is 11.8 Å². The van der Waals surface area contributed by atoms with Gasteiger partial charge in [0.2, 0.25) is 5.43 Å². The summed E-state index contributed by atoms with van der Waals surface area (Å²) >= 11 is 0. The van der Waals surface area contributed by atoms with Gasteiger partial charge in [0.15, 0.2) is 6.10 Å². The Labute approximate surface area is 142 Å². The summed E-state index contributed by atoms with van der Waals surface area (Å²) in [6.07, 6.45) is -1.49. The van der Waals surface area contributed by atoms with Crippen LogP contribution in [0.1, 0.15) is 18.6 Å². The summed E-state index contributed by atoms with van der Waals surface area (Å²) in [5, 5.41) is 22.1. The Hall–Kier alpha value is -2.57. The zero-order chi connectivity index (χ0) is 17.5. The van der Waals surface area contributed by atoms with Crippen LogP contribution >= 0.6 is 0 Å². The molecule has 128 valence electrons. The lowest BCUT2D eigenvalue weighted by molar-refractivity contribution is 0.0176. The standard InChI is InChI=1S/C19H17NO5/c1-19(8-24-19)18-17(23)14-12(25-18)7-11(21)13-15(14)20(2)10-6-4-3-5-9(10)16(13)22/h3-7,17-18,21,23H,8H2,1-2H3/t17-,18+,19+/m1/s1. The summed E-state index contributed by atoms with van der Waals surface area (Å²) < 4.78 is 13.2. The predicted octanol–water partition coefficient (Wildman–Crippen LogP) is 1.98. The van der Waals surface area contributed by atoms with E-state index >= 15 is 0 Å². The van der Waals surface area contributed by atoms with E-state index in [-0.39, 0.29) is 16.6 Å². The number of fused-ring (bicyclic) bond motifs is 4. The third kappa shape index (κ3) is 1.78. The van der Waals surface area contributed by atoms with Crippen molar-refractivity contribution in [3.05, 3.63) is 46.1 Å². The lowest BCUT2D eigenvalue weighted by Crippen LogP contribution is -2.34. The van der Waals surface area contributed by atoms with Crippen LogP contribution in [0.3, 0.4) is 0 Å². The van der Waals surface area contributed by atoms with Crippen LogP contribution in [0.2, 0.25) is 0 Å². The van der Waals surface area contributed by atoms with E-state index in [9.17, 15) is 15.0 Å². The molecule has 2 aliphatic heterocycles. The van der Waals surface area contributed by atoms with Gasteiger partial charge in [-0.25, -0.2) is 0 Å². The zero-order valence-electron chi connectivity index (χ0n) is 13.8. The van der Waals surface area contributed by atoms with Gasteiger partial charge in [-0.05, 0) is 19.1 Å². The molecule has 2 aliphatic rings. The molecule has 2 N–H and O–H groups in total. The van der Waals surface area contributed by atoms with E-state index in [1.54, 1.807) is 12.1 Å². The number of nitrogens with zero attached hydrogens (tertiary/aromatic N) is 1. The molecule has 0 spiro atoms. The number of pyridine rings is 1. The lowest BCUT2D eigenvalue weighted by Gasteiger charge is -2.19. The van der Waals surface area contributed by atoms with Crippen molar-refractivity contribution in [1.29, 1.82) is 0 Å². The van der Waals surface area contributed by atoms with E-state index in [4.69, 9.17) is 9.47 Å². The Kier molecular flexibility index (Phi) is 2.67. The molecule has 6 heteroatoms. The van der Waals surface area contributed by atoms with Crippen LogP contribution in [0.15, 0.2) is 35.1 Å². The monoisotopic (exact) mass is 339 g/mol. The van der Waals surface area contributed by atoms with Crippen molar-refractivity contribution in [1.82, 2.24) is 4.57 Å². The first-order chi connectivity index (χ1) is 11.9. The molecule has 1 aromatic heterocycles. The van der Waals surface area contributed by atoms with Gasteiger partial charge in [-0.15, -0.1) is 0 Å². The maximum absolute atomic E-state index is 12.9. The molecule has 25 heavy (non-hydrogen) atoms. The molecule has 6 nitrogen and oxygen atoms in total. The summed E-state index contributed by atoms with van der Waals surface area (Å²) in [7, 11) is 1.82. The Balaban J connectivity index is 1.92. The maximum Gasteiger partial charge on any atom is 0.200 e. The van der Waals surface area contributed by atoms with Crippen LogP contribution in [0.4, 0.5) is 0 Å². The average molecular weight is 339 g/mol.